The van der Waals surface area contributed by atoms with E-state index in [1.54, 1.807) is 16.2 Å². The molecule has 154 valence electrons. The van der Waals surface area contributed by atoms with Crippen LogP contribution in [0, 0.1) is 12.8 Å². The highest BCUT2D eigenvalue weighted by molar-refractivity contribution is 7.09. The van der Waals surface area contributed by atoms with Crippen molar-refractivity contribution >= 4 is 29.1 Å². The van der Waals surface area contributed by atoms with Gasteiger partial charge in [-0.1, -0.05) is 18.2 Å². The quantitative estimate of drug-likeness (QED) is 0.767. The molecule has 2 fully saturated rings. The molecule has 1 aromatic heterocycles. The summed E-state index contributed by atoms with van der Waals surface area (Å²) >= 11 is 1.68. The molecular weight excluding hydrogens is 388 g/mol. The van der Waals surface area contributed by atoms with E-state index in [9.17, 15) is 14.4 Å². The number of nitrogens with zero attached hydrogens (tertiary/aromatic N) is 2. The second-order valence-corrected chi connectivity index (χ2v) is 8.78. The summed E-state index contributed by atoms with van der Waals surface area (Å²) in [6, 6.07) is -0.432. The largest absolute Gasteiger partial charge is 0.355 e. The summed E-state index contributed by atoms with van der Waals surface area (Å²) in [7, 11) is 0. The lowest BCUT2D eigenvalue weighted by Gasteiger charge is -2.26. The molecule has 1 aromatic rings. The van der Waals surface area contributed by atoms with E-state index in [4.69, 9.17) is 0 Å². The van der Waals surface area contributed by atoms with Crippen molar-refractivity contribution in [2.24, 2.45) is 5.92 Å². The van der Waals surface area contributed by atoms with Crippen LogP contribution in [0.2, 0.25) is 0 Å². The van der Waals surface area contributed by atoms with Crippen molar-refractivity contribution in [1.29, 1.82) is 0 Å². The SMILES string of the molecule is Cc1ncsc1C1C=CC(CNC(=O)C2CCCN2C(=O)C2CNC(=O)C2)=CC1. The Bertz CT molecular complexity index is 875. The molecule has 2 N–H and O–H groups in total. The van der Waals surface area contributed by atoms with Crippen molar-refractivity contribution in [1.82, 2.24) is 20.5 Å². The van der Waals surface area contributed by atoms with Gasteiger partial charge < -0.3 is 15.5 Å². The minimum atomic E-state index is -0.432. The third-order valence-corrected chi connectivity index (χ3v) is 6.99. The number of aromatic nitrogens is 1. The number of nitrogens with one attached hydrogen (secondary N) is 2. The van der Waals surface area contributed by atoms with Gasteiger partial charge in [0.1, 0.15) is 6.04 Å². The Labute approximate surface area is 174 Å². The first-order chi connectivity index (χ1) is 14.0. The smallest absolute Gasteiger partial charge is 0.243 e. The van der Waals surface area contributed by atoms with Crippen LogP contribution in [-0.2, 0) is 14.4 Å². The van der Waals surface area contributed by atoms with Crippen LogP contribution >= 0.6 is 11.3 Å². The summed E-state index contributed by atoms with van der Waals surface area (Å²) < 4.78 is 0. The summed E-state index contributed by atoms with van der Waals surface area (Å²) in [5.74, 6) is -0.269. The van der Waals surface area contributed by atoms with Crippen molar-refractivity contribution in [2.75, 3.05) is 19.6 Å². The highest BCUT2D eigenvalue weighted by atomic mass is 32.1. The molecule has 0 radical (unpaired) electrons. The standard InChI is InChI=1S/C21H26N4O3S/c1-13-19(29-12-24-13)15-6-4-14(5-7-15)10-23-20(27)17-3-2-8-25(17)21(28)16-9-18(26)22-11-16/h4-6,12,15-17H,2-3,7-11H2,1H3,(H,22,26)(H,23,27). The fraction of sp³-hybridized carbons (Fsp3) is 0.524. The van der Waals surface area contributed by atoms with Crippen LogP contribution in [0.4, 0.5) is 0 Å². The minimum Gasteiger partial charge on any atom is -0.355 e. The van der Waals surface area contributed by atoms with Crippen LogP contribution in [0.25, 0.3) is 0 Å². The number of hydrogen-bond donors (Lipinski definition) is 2. The number of carbonyl (C=O) groups excluding carboxylic acids is 3. The molecule has 3 heterocycles. The van der Waals surface area contributed by atoms with E-state index in [-0.39, 0.29) is 30.1 Å². The van der Waals surface area contributed by atoms with Crippen LogP contribution in [0.1, 0.15) is 42.2 Å². The number of thiazole rings is 1. The maximum absolute atomic E-state index is 12.7. The van der Waals surface area contributed by atoms with Gasteiger partial charge in [-0.05, 0) is 31.8 Å². The molecule has 0 spiro atoms. The Kier molecular flexibility index (Phi) is 5.80. The number of aryl methyl sites for hydroxylation is 1. The Balaban J connectivity index is 1.30. The van der Waals surface area contributed by atoms with Gasteiger partial charge in [0.15, 0.2) is 0 Å². The number of rotatable bonds is 5. The van der Waals surface area contributed by atoms with E-state index >= 15 is 0 Å². The van der Waals surface area contributed by atoms with Gasteiger partial charge in [-0.15, -0.1) is 11.3 Å². The lowest BCUT2D eigenvalue weighted by Crippen LogP contribution is -2.48. The number of allylic oxidation sites excluding steroid dienone is 2. The summed E-state index contributed by atoms with van der Waals surface area (Å²) in [5.41, 5.74) is 4.04. The van der Waals surface area contributed by atoms with E-state index < -0.39 is 6.04 Å². The lowest BCUT2D eigenvalue weighted by atomic mass is 9.94. The molecule has 3 unspecified atom stereocenters. The van der Waals surface area contributed by atoms with Crippen molar-refractivity contribution in [3.05, 3.63) is 39.9 Å². The fourth-order valence-electron chi connectivity index (χ4n) is 4.28. The van der Waals surface area contributed by atoms with Crippen molar-refractivity contribution in [3.8, 4) is 0 Å². The topological polar surface area (TPSA) is 91.4 Å². The van der Waals surface area contributed by atoms with E-state index in [2.05, 4.69) is 33.8 Å². The average molecular weight is 415 g/mol. The normalized spacial score (nSPS) is 26.4. The van der Waals surface area contributed by atoms with Gasteiger partial charge in [0.05, 0.1) is 17.1 Å². The fourth-order valence-corrected chi connectivity index (χ4v) is 5.18. The van der Waals surface area contributed by atoms with E-state index in [0.717, 1.165) is 24.1 Å². The molecule has 0 bridgehead atoms. The van der Waals surface area contributed by atoms with Crippen LogP contribution < -0.4 is 10.6 Å². The number of amides is 3. The van der Waals surface area contributed by atoms with E-state index in [1.165, 1.54) is 4.88 Å². The summed E-state index contributed by atoms with van der Waals surface area (Å²) in [5, 5.41) is 5.69. The molecule has 0 aromatic carbocycles. The molecule has 8 heteroatoms. The van der Waals surface area contributed by atoms with Crippen LogP contribution in [0.3, 0.4) is 0 Å². The summed E-state index contributed by atoms with van der Waals surface area (Å²) in [6.07, 6.45) is 9.03. The molecule has 7 nitrogen and oxygen atoms in total. The molecule has 2 aliphatic heterocycles. The molecule has 1 aliphatic carbocycles. The van der Waals surface area contributed by atoms with Crippen molar-refractivity contribution in [2.45, 2.75) is 44.6 Å². The van der Waals surface area contributed by atoms with Gasteiger partial charge in [-0.2, -0.15) is 0 Å². The monoisotopic (exact) mass is 414 g/mol. The first kappa shape index (κ1) is 19.8. The second-order valence-electron chi connectivity index (χ2n) is 7.89. The van der Waals surface area contributed by atoms with Crippen molar-refractivity contribution in [3.63, 3.8) is 0 Å². The molecular formula is C21H26N4O3S. The zero-order valence-corrected chi connectivity index (χ0v) is 17.3. The van der Waals surface area contributed by atoms with Gasteiger partial charge in [0.25, 0.3) is 0 Å². The lowest BCUT2D eigenvalue weighted by molar-refractivity contribution is -0.141. The molecule has 3 amide bonds. The number of likely N-dealkylation sites (tertiary alicyclic amines) is 1. The molecule has 29 heavy (non-hydrogen) atoms. The van der Waals surface area contributed by atoms with Crippen LogP contribution in [0.15, 0.2) is 29.3 Å². The predicted octanol–water partition coefficient (Wildman–Crippen LogP) is 1.66. The zero-order valence-electron chi connectivity index (χ0n) is 16.5. The maximum atomic E-state index is 12.7. The van der Waals surface area contributed by atoms with Crippen LogP contribution in [0.5, 0.6) is 0 Å². The molecule has 4 rings (SSSR count). The van der Waals surface area contributed by atoms with Crippen molar-refractivity contribution < 1.29 is 14.4 Å². The van der Waals surface area contributed by atoms with Gasteiger partial charge in [0.2, 0.25) is 17.7 Å². The van der Waals surface area contributed by atoms with Crippen LogP contribution in [-0.4, -0.2) is 53.3 Å². The number of carbonyl (C=O) groups is 3. The van der Waals surface area contributed by atoms with Gasteiger partial charge in [0, 0.05) is 36.9 Å². The highest BCUT2D eigenvalue weighted by Gasteiger charge is 2.39. The van der Waals surface area contributed by atoms with Gasteiger partial charge in [-0.25, -0.2) is 4.98 Å². The summed E-state index contributed by atoms with van der Waals surface area (Å²) in [6.45, 7) is 3.46. The zero-order chi connectivity index (χ0) is 20.4. The van der Waals surface area contributed by atoms with Gasteiger partial charge in [-0.3, -0.25) is 14.4 Å². The molecule has 2 saturated heterocycles. The minimum absolute atomic E-state index is 0.0828. The Hall–Kier alpha value is -2.48. The average Bonchev–Trinajstić information content (AvgIpc) is 3.47. The highest BCUT2D eigenvalue weighted by Crippen LogP contribution is 2.31. The summed E-state index contributed by atoms with van der Waals surface area (Å²) in [4.78, 5) is 44.1. The molecule has 3 atom stereocenters. The number of hydrogen-bond acceptors (Lipinski definition) is 5. The first-order valence-corrected chi connectivity index (χ1v) is 11.0. The third-order valence-electron chi connectivity index (χ3n) is 5.93. The second kappa shape index (κ2) is 8.49. The van der Waals surface area contributed by atoms with E-state index in [1.807, 2.05) is 12.4 Å². The Morgan fingerprint density at radius 2 is 2.28 bits per heavy atom. The molecule has 3 aliphatic rings. The molecule has 0 saturated carbocycles. The first-order valence-electron chi connectivity index (χ1n) is 10.1. The van der Waals surface area contributed by atoms with E-state index in [0.29, 0.717) is 32.0 Å². The van der Waals surface area contributed by atoms with Gasteiger partial charge >= 0.3 is 0 Å². The Morgan fingerprint density at radius 3 is 2.93 bits per heavy atom. The predicted molar refractivity (Wildman–Crippen MR) is 110 cm³/mol. The maximum Gasteiger partial charge on any atom is 0.243 e. The Morgan fingerprint density at radius 1 is 1.41 bits per heavy atom. The third kappa shape index (κ3) is 4.27.